The number of carbonyl (C=O) groups excluding carboxylic acids is 3. The minimum atomic E-state index is -0.768. The molecule has 0 saturated heterocycles. The van der Waals surface area contributed by atoms with Crippen molar-refractivity contribution in [1.82, 2.24) is 0 Å². The van der Waals surface area contributed by atoms with Gasteiger partial charge in [-0.1, -0.05) is 13.8 Å². The number of aliphatic hydroxyl groups is 1. The molecule has 0 amide bonds. The maximum absolute atomic E-state index is 11.8. The van der Waals surface area contributed by atoms with Crippen molar-refractivity contribution in [1.29, 1.82) is 0 Å². The molecule has 0 rings (SSSR count). The van der Waals surface area contributed by atoms with E-state index in [1.165, 1.54) is 0 Å². The Morgan fingerprint density at radius 1 is 0.710 bits per heavy atom. The van der Waals surface area contributed by atoms with E-state index in [4.69, 9.17) is 18.9 Å². The lowest BCUT2D eigenvalue weighted by molar-refractivity contribution is -0.159. The summed E-state index contributed by atoms with van der Waals surface area (Å²) in [6.45, 7) is 3.75. The Balaban J connectivity index is 5.13. The van der Waals surface area contributed by atoms with Gasteiger partial charge in [0.25, 0.3) is 0 Å². The number of esters is 3. The zero-order valence-electron chi connectivity index (χ0n) is 18.3. The molecule has 31 heavy (non-hydrogen) atoms. The first-order chi connectivity index (χ1) is 14.8. The highest BCUT2D eigenvalue weighted by Gasteiger charge is 2.35. The van der Waals surface area contributed by atoms with Gasteiger partial charge in [-0.15, -0.1) is 0 Å². The van der Waals surface area contributed by atoms with Crippen LogP contribution in [0.4, 0.5) is 0 Å². The van der Waals surface area contributed by atoms with Crippen molar-refractivity contribution in [3.8, 4) is 0 Å². The summed E-state index contributed by atoms with van der Waals surface area (Å²) in [7, 11) is 0. The van der Waals surface area contributed by atoms with Crippen LogP contribution in [0.2, 0.25) is 0 Å². The van der Waals surface area contributed by atoms with Crippen molar-refractivity contribution in [2.24, 2.45) is 10.8 Å². The van der Waals surface area contributed by atoms with E-state index in [0.717, 1.165) is 0 Å². The average molecular weight is 501 g/mol. The summed E-state index contributed by atoms with van der Waals surface area (Å²) >= 11 is 11.9. The molecule has 0 aromatic carbocycles. The highest BCUT2D eigenvalue weighted by atomic mass is 32.1. The van der Waals surface area contributed by atoms with Crippen LogP contribution in [0.1, 0.15) is 39.5 Å². The van der Waals surface area contributed by atoms with Crippen LogP contribution in [0.5, 0.6) is 0 Å². The summed E-state index contributed by atoms with van der Waals surface area (Å²) < 4.78 is 21.8. The van der Waals surface area contributed by atoms with Gasteiger partial charge in [-0.2, -0.15) is 37.9 Å². The fourth-order valence-electron chi connectivity index (χ4n) is 2.44. The summed E-state index contributed by atoms with van der Waals surface area (Å²) in [4.78, 5) is 35.1. The molecule has 0 aliphatic rings. The zero-order chi connectivity index (χ0) is 23.8. The number of ether oxygens (including phenoxy) is 4. The monoisotopic (exact) mass is 500 g/mol. The summed E-state index contributed by atoms with van der Waals surface area (Å²) in [5, 5.41) is 9.91. The SMILES string of the molecule is CCC(CO)(COCC(CC)(COC(=O)CS)COC(=O)CCS)COC(=O)CCS. The smallest absolute Gasteiger partial charge is 0.315 e. The van der Waals surface area contributed by atoms with Gasteiger partial charge in [-0.3, -0.25) is 14.4 Å². The topological polar surface area (TPSA) is 108 Å². The van der Waals surface area contributed by atoms with Crippen LogP contribution in [0.3, 0.4) is 0 Å². The standard InChI is InChI=1S/C20H36O8S3/c1-3-19(10-21,13-26-16(22)5-7-29)11-25-12-20(4-2,15-28-18(24)9-31)14-27-17(23)6-8-30/h21,29-31H,3-15H2,1-2H3. The lowest BCUT2D eigenvalue weighted by atomic mass is 9.86. The van der Waals surface area contributed by atoms with Gasteiger partial charge in [-0.05, 0) is 12.8 Å². The van der Waals surface area contributed by atoms with Crippen LogP contribution in [0.15, 0.2) is 0 Å². The molecule has 0 aromatic heterocycles. The van der Waals surface area contributed by atoms with Crippen molar-refractivity contribution in [3.05, 3.63) is 0 Å². The van der Waals surface area contributed by atoms with Gasteiger partial charge in [0.1, 0.15) is 19.8 Å². The molecular formula is C20H36O8S3. The van der Waals surface area contributed by atoms with Gasteiger partial charge in [0.05, 0.1) is 49.2 Å². The quantitative estimate of drug-likeness (QED) is 0.129. The first-order valence-corrected chi connectivity index (χ1v) is 12.1. The summed E-state index contributed by atoms with van der Waals surface area (Å²) in [6.07, 6.45) is 1.38. The Labute approximate surface area is 201 Å². The average Bonchev–Trinajstić information content (AvgIpc) is 2.78. The van der Waals surface area contributed by atoms with E-state index in [9.17, 15) is 19.5 Å². The molecule has 0 bridgehead atoms. The van der Waals surface area contributed by atoms with E-state index < -0.39 is 22.8 Å². The summed E-state index contributed by atoms with van der Waals surface area (Å²) in [5.41, 5.74) is -1.53. The van der Waals surface area contributed by atoms with Crippen molar-refractivity contribution in [2.75, 3.05) is 56.9 Å². The third-order valence-corrected chi connectivity index (χ3v) is 5.74. The highest BCUT2D eigenvalue weighted by molar-refractivity contribution is 7.81. The number of thiol groups is 3. The molecule has 2 atom stereocenters. The zero-order valence-corrected chi connectivity index (χ0v) is 21.0. The van der Waals surface area contributed by atoms with Crippen LogP contribution < -0.4 is 0 Å². The minimum absolute atomic E-state index is 0.00510. The maximum Gasteiger partial charge on any atom is 0.315 e. The third kappa shape index (κ3) is 12.3. The second-order valence-electron chi connectivity index (χ2n) is 7.45. The molecule has 0 saturated carbocycles. The second-order valence-corrected chi connectivity index (χ2v) is 8.66. The predicted molar refractivity (Wildman–Crippen MR) is 127 cm³/mol. The van der Waals surface area contributed by atoms with E-state index in [2.05, 4.69) is 37.9 Å². The number of aliphatic hydroxyl groups excluding tert-OH is 1. The van der Waals surface area contributed by atoms with Crippen molar-refractivity contribution >= 4 is 55.8 Å². The van der Waals surface area contributed by atoms with Gasteiger partial charge >= 0.3 is 17.9 Å². The molecule has 0 spiro atoms. The van der Waals surface area contributed by atoms with Gasteiger partial charge in [0.2, 0.25) is 0 Å². The second kappa shape index (κ2) is 16.9. The Morgan fingerprint density at radius 3 is 1.52 bits per heavy atom. The molecule has 8 nitrogen and oxygen atoms in total. The van der Waals surface area contributed by atoms with Crippen LogP contribution in [-0.2, 0) is 33.3 Å². The minimum Gasteiger partial charge on any atom is -0.465 e. The van der Waals surface area contributed by atoms with Crippen LogP contribution in [-0.4, -0.2) is 79.9 Å². The van der Waals surface area contributed by atoms with E-state index >= 15 is 0 Å². The molecule has 0 radical (unpaired) electrons. The Kier molecular flexibility index (Phi) is 16.6. The largest absolute Gasteiger partial charge is 0.465 e. The number of hydrogen-bond donors (Lipinski definition) is 4. The predicted octanol–water partition coefficient (Wildman–Crippen LogP) is 1.99. The molecule has 182 valence electrons. The fraction of sp³-hybridized carbons (Fsp3) is 0.850. The molecule has 11 heteroatoms. The Morgan fingerprint density at radius 2 is 1.13 bits per heavy atom. The molecule has 0 heterocycles. The maximum atomic E-state index is 11.8. The molecular weight excluding hydrogens is 464 g/mol. The van der Waals surface area contributed by atoms with Gasteiger partial charge in [0.15, 0.2) is 0 Å². The van der Waals surface area contributed by atoms with Crippen molar-refractivity contribution in [2.45, 2.75) is 39.5 Å². The van der Waals surface area contributed by atoms with E-state index in [-0.39, 0.29) is 64.2 Å². The fourth-order valence-corrected chi connectivity index (χ4v) is 2.89. The molecule has 0 aliphatic carbocycles. The van der Waals surface area contributed by atoms with Crippen LogP contribution in [0, 0.1) is 10.8 Å². The van der Waals surface area contributed by atoms with Crippen molar-refractivity contribution < 1.29 is 38.4 Å². The first kappa shape index (κ1) is 30.4. The van der Waals surface area contributed by atoms with Crippen LogP contribution >= 0.6 is 37.9 Å². The summed E-state index contributed by atoms with van der Waals surface area (Å²) in [6, 6.07) is 0. The van der Waals surface area contributed by atoms with Gasteiger partial charge < -0.3 is 24.1 Å². The summed E-state index contributed by atoms with van der Waals surface area (Å²) in [5.74, 6) is -0.603. The normalized spacial score (nSPS) is 14.9. The lowest BCUT2D eigenvalue weighted by Gasteiger charge is -2.34. The molecule has 0 aliphatic heterocycles. The third-order valence-electron chi connectivity index (χ3n) is 5.03. The van der Waals surface area contributed by atoms with E-state index in [1.54, 1.807) is 0 Å². The molecule has 0 aromatic rings. The van der Waals surface area contributed by atoms with E-state index in [1.807, 2.05) is 13.8 Å². The number of carbonyl (C=O) groups is 3. The molecule has 1 N–H and O–H groups in total. The lowest BCUT2D eigenvalue weighted by Crippen LogP contribution is -2.42. The van der Waals surface area contributed by atoms with Gasteiger partial charge in [-0.25, -0.2) is 0 Å². The number of rotatable bonds is 18. The number of hydrogen-bond acceptors (Lipinski definition) is 11. The molecule has 0 fully saturated rings. The Bertz CT molecular complexity index is 543. The molecule has 2 unspecified atom stereocenters. The van der Waals surface area contributed by atoms with E-state index in [0.29, 0.717) is 24.3 Å². The van der Waals surface area contributed by atoms with Crippen molar-refractivity contribution in [3.63, 3.8) is 0 Å². The highest BCUT2D eigenvalue weighted by Crippen LogP contribution is 2.28. The Hall–Kier alpha value is -0.620. The first-order valence-electron chi connectivity index (χ1n) is 10.2. The van der Waals surface area contributed by atoms with Gasteiger partial charge in [0, 0.05) is 11.5 Å². The van der Waals surface area contributed by atoms with Crippen LogP contribution in [0.25, 0.3) is 0 Å².